The number of hydrogen-bond acceptors (Lipinski definition) is 1. The Morgan fingerprint density at radius 2 is 1.80 bits per heavy atom. The van der Waals surface area contributed by atoms with Gasteiger partial charge in [-0.25, -0.2) is 0 Å². The maximum absolute atomic E-state index is 11.2. The van der Waals surface area contributed by atoms with Crippen LogP contribution in [0.25, 0.3) is 0 Å². The highest BCUT2D eigenvalue weighted by molar-refractivity contribution is 9.10. The maximum Gasteiger partial charge on any atom is 0.127 e. The van der Waals surface area contributed by atoms with Crippen molar-refractivity contribution < 1.29 is 4.79 Å². The predicted octanol–water partition coefficient (Wildman–Crippen LogP) is 3.92. The van der Waals surface area contributed by atoms with Crippen LogP contribution in [0.1, 0.15) is 37.2 Å². The van der Waals surface area contributed by atoms with Crippen LogP contribution in [0.2, 0.25) is 0 Å². The van der Waals surface area contributed by atoms with Gasteiger partial charge in [0.2, 0.25) is 0 Å². The third-order valence-corrected chi connectivity index (χ3v) is 3.84. The van der Waals surface area contributed by atoms with E-state index in [1.54, 1.807) is 0 Å². The van der Waals surface area contributed by atoms with Gasteiger partial charge >= 0.3 is 0 Å². The summed E-state index contributed by atoms with van der Waals surface area (Å²) in [5.41, 5.74) is 1.17. The minimum atomic E-state index is 0.112. The Labute approximate surface area is 99.0 Å². The number of carbonyl (C=O) groups excluding carboxylic acids is 1. The fraction of sp³-hybridized carbons (Fsp3) is 0.462. The number of benzene rings is 1. The minimum absolute atomic E-state index is 0.112. The number of carbonyl (C=O) groups is 1. The van der Waals surface area contributed by atoms with Gasteiger partial charge in [-0.1, -0.05) is 40.9 Å². The topological polar surface area (TPSA) is 17.1 Å². The molecule has 0 bridgehead atoms. The second-order valence-electron chi connectivity index (χ2n) is 4.26. The summed E-state index contributed by atoms with van der Waals surface area (Å²) in [5, 5.41) is 0. The fourth-order valence-corrected chi connectivity index (χ4v) is 2.73. The van der Waals surface area contributed by atoms with Gasteiger partial charge in [0.25, 0.3) is 0 Å². The van der Waals surface area contributed by atoms with E-state index in [2.05, 4.69) is 28.1 Å². The molecule has 0 spiro atoms. The highest BCUT2D eigenvalue weighted by Crippen LogP contribution is 2.36. The van der Waals surface area contributed by atoms with E-state index < -0.39 is 0 Å². The summed E-state index contributed by atoms with van der Waals surface area (Å²) >= 11 is 3.41. The van der Waals surface area contributed by atoms with Gasteiger partial charge in [0.15, 0.2) is 0 Å². The molecule has 1 aliphatic rings. The fourth-order valence-electron chi connectivity index (χ4n) is 2.46. The zero-order valence-electron chi connectivity index (χ0n) is 8.66. The number of hydrogen-bond donors (Lipinski definition) is 0. The van der Waals surface area contributed by atoms with E-state index in [4.69, 9.17) is 0 Å². The zero-order valence-corrected chi connectivity index (χ0v) is 10.2. The van der Waals surface area contributed by atoms with Gasteiger partial charge in [0.1, 0.15) is 6.29 Å². The van der Waals surface area contributed by atoms with Crippen LogP contribution in [0.3, 0.4) is 0 Å². The Kier molecular flexibility index (Phi) is 3.57. The van der Waals surface area contributed by atoms with E-state index in [0.717, 1.165) is 10.8 Å². The van der Waals surface area contributed by atoms with Crippen LogP contribution in [0.15, 0.2) is 28.7 Å². The lowest BCUT2D eigenvalue weighted by Gasteiger charge is -2.17. The molecular weight excluding hydrogens is 252 g/mol. The van der Waals surface area contributed by atoms with Crippen molar-refractivity contribution in [3.63, 3.8) is 0 Å². The van der Waals surface area contributed by atoms with Gasteiger partial charge in [-0.15, -0.1) is 0 Å². The Bertz CT molecular complexity index is 325. The van der Waals surface area contributed by atoms with E-state index in [0.29, 0.717) is 5.92 Å². The first-order valence-corrected chi connectivity index (χ1v) is 6.31. The van der Waals surface area contributed by atoms with Crippen molar-refractivity contribution in [3.05, 3.63) is 34.3 Å². The SMILES string of the molecule is O=CC(c1ccc(Br)cc1)C1CCCC1. The first-order chi connectivity index (χ1) is 7.31. The lowest BCUT2D eigenvalue weighted by molar-refractivity contribution is -0.110. The monoisotopic (exact) mass is 266 g/mol. The minimum Gasteiger partial charge on any atom is -0.303 e. The lowest BCUT2D eigenvalue weighted by Crippen LogP contribution is -2.10. The van der Waals surface area contributed by atoms with Crippen LogP contribution in [0.4, 0.5) is 0 Å². The summed E-state index contributed by atoms with van der Waals surface area (Å²) in [7, 11) is 0. The molecule has 0 saturated heterocycles. The van der Waals surface area contributed by atoms with Gasteiger partial charge in [0, 0.05) is 10.4 Å². The van der Waals surface area contributed by atoms with Crippen molar-refractivity contribution >= 4 is 22.2 Å². The Morgan fingerprint density at radius 3 is 2.33 bits per heavy atom. The molecule has 1 unspecified atom stereocenters. The molecule has 0 N–H and O–H groups in total. The van der Waals surface area contributed by atoms with Crippen molar-refractivity contribution in [1.82, 2.24) is 0 Å². The number of rotatable bonds is 3. The largest absolute Gasteiger partial charge is 0.303 e. The molecule has 0 heterocycles. The van der Waals surface area contributed by atoms with Crippen LogP contribution in [0, 0.1) is 5.92 Å². The number of aldehydes is 1. The summed E-state index contributed by atoms with van der Waals surface area (Å²) in [6, 6.07) is 8.14. The second kappa shape index (κ2) is 4.93. The highest BCUT2D eigenvalue weighted by Gasteiger charge is 2.25. The van der Waals surface area contributed by atoms with Crippen molar-refractivity contribution in [2.45, 2.75) is 31.6 Å². The van der Waals surface area contributed by atoms with Crippen LogP contribution in [0.5, 0.6) is 0 Å². The molecule has 1 aromatic carbocycles. The third-order valence-electron chi connectivity index (χ3n) is 3.31. The normalized spacial score (nSPS) is 19.0. The molecular formula is C13H15BrO. The van der Waals surface area contributed by atoms with Gasteiger partial charge < -0.3 is 4.79 Å². The van der Waals surface area contributed by atoms with Crippen LogP contribution < -0.4 is 0 Å². The first-order valence-electron chi connectivity index (χ1n) is 5.52. The van der Waals surface area contributed by atoms with E-state index in [1.807, 2.05) is 12.1 Å². The van der Waals surface area contributed by atoms with Crippen molar-refractivity contribution in [2.75, 3.05) is 0 Å². The average Bonchev–Trinajstić information content (AvgIpc) is 2.75. The Morgan fingerprint density at radius 1 is 1.20 bits per heavy atom. The zero-order chi connectivity index (χ0) is 10.7. The van der Waals surface area contributed by atoms with E-state index in [9.17, 15) is 4.79 Å². The van der Waals surface area contributed by atoms with Crippen molar-refractivity contribution in [2.24, 2.45) is 5.92 Å². The number of halogens is 1. The van der Waals surface area contributed by atoms with Gasteiger partial charge in [-0.05, 0) is 36.5 Å². The van der Waals surface area contributed by atoms with Crippen LogP contribution >= 0.6 is 15.9 Å². The molecule has 1 nitrogen and oxygen atoms in total. The molecule has 2 rings (SSSR count). The van der Waals surface area contributed by atoms with Crippen molar-refractivity contribution in [3.8, 4) is 0 Å². The van der Waals surface area contributed by atoms with E-state index in [1.165, 1.54) is 31.2 Å². The molecule has 1 aromatic rings. The molecule has 0 amide bonds. The van der Waals surface area contributed by atoms with Crippen LogP contribution in [-0.4, -0.2) is 6.29 Å². The summed E-state index contributed by atoms with van der Waals surface area (Å²) in [4.78, 5) is 11.2. The molecule has 0 aliphatic heterocycles. The predicted molar refractivity (Wildman–Crippen MR) is 64.9 cm³/mol. The van der Waals surface area contributed by atoms with Gasteiger partial charge in [-0.3, -0.25) is 0 Å². The molecule has 2 heteroatoms. The molecule has 1 fully saturated rings. The highest BCUT2D eigenvalue weighted by atomic mass is 79.9. The molecule has 1 atom stereocenters. The van der Waals surface area contributed by atoms with Gasteiger partial charge in [-0.2, -0.15) is 0 Å². The van der Waals surface area contributed by atoms with E-state index >= 15 is 0 Å². The molecule has 0 aromatic heterocycles. The summed E-state index contributed by atoms with van der Waals surface area (Å²) in [6.45, 7) is 0. The lowest BCUT2D eigenvalue weighted by atomic mass is 9.86. The molecule has 80 valence electrons. The smallest absolute Gasteiger partial charge is 0.127 e. The Hall–Kier alpha value is -0.630. The van der Waals surface area contributed by atoms with E-state index in [-0.39, 0.29) is 5.92 Å². The third kappa shape index (κ3) is 2.49. The summed E-state index contributed by atoms with van der Waals surface area (Å²) in [6.07, 6.45) is 6.11. The summed E-state index contributed by atoms with van der Waals surface area (Å²) < 4.78 is 1.07. The first kappa shape index (κ1) is 10.9. The van der Waals surface area contributed by atoms with Crippen LogP contribution in [-0.2, 0) is 4.79 Å². The molecule has 1 saturated carbocycles. The molecule has 1 aliphatic carbocycles. The molecule has 15 heavy (non-hydrogen) atoms. The quantitative estimate of drug-likeness (QED) is 0.758. The van der Waals surface area contributed by atoms with Crippen molar-refractivity contribution in [1.29, 1.82) is 0 Å². The van der Waals surface area contributed by atoms with Gasteiger partial charge in [0.05, 0.1) is 0 Å². The molecule has 0 radical (unpaired) electrons. The standard InChI is InChI=1S/C13H15BrO/c14-12-7-5-11(6-8-12)13(9-15)10-3-1-2-4-10/h5-10,13H,1-4H2. The Balaban J connectivity index is 2.18. The average molecular weight is 267 g/mol. The second-order valence-corrected chi connectivity index (χ2v) is 5.17. The maximum atomic E-state index is 11.2. The summed E-state index contributed by atoms with van der Waals surface area (Å²) in [5.74, 6) is 0.685.